The molecule has 0 unspecified atom stereocenters. The van der Waals surface area contributed by atoms with Crippen molar-refractivity contribution in [2.24, 2.45) is 24.8 Å². The van der Waals surface area contributed by atoms with Crippen molar-refractivity contribution < 1.29 is 0 Å². The monoisotopic (exact) mass is 231 g/mol. The number of hydrogen-bond donors (Lipinski definition) is 1. The van der Waals surface area contributed by atoms with Crippen molar-refractivity contribution in [1.29, 1.82) is 0 Å². The van der Waals surface area contributed by atoms with Gasteiger partial charge in [-0.15, -0.1) is 0 Å². The Bertz CT molecular complexity index is 399. The summed E-state index contributed by atoms with van der Waals surface area (Å²) in [6.07, 6.45) is 12.6. The molecule has 3 nitrogen and oxygen atoms in total. The minimum absolute atomic E-state index is 0.383. The fourth-order valence-corrected chi connectivity index (χ4v) is 4.99. The van der Waals surface area contributed by atoms with Crippen molar-refractivity contribution in [1.82, 2.24) is 9.55 Å². The van der Waals surface area contributed by atoms with E-state index < -0.39 is 0 Å². The standard InChI is InChI=1S/C14H21N3/c1-17-3-2-15-13(17)16-14-7-10-4-11(8-14)6-12(5-10)9-14/h2-3,10-12H,4-9H2,1H3,(H,15,16). The van der Waals surface area contributed by atoms with Gasteiger partial charge in [-0.05, 0) is 56.3 Å². The minimum atomic E-state index is 0.383. The smallest absolute Gasteiger partial charge is 0.202 e. The molecule has 4 bridgehead atoms. The summed E-state index contributed by atoms with van der Waals surface area (Å²) >= 11 is 0. The zero-order valence-electron chi connectivity index (χ0n) is 10.5. The lowest BCUT2D eigenvalue weighted by Crippen LogP contribution is -2.55. The number of hydrogen-bond acceptors (Lipinski definition) is 2. The molecule has 0 aliphatic heterocycles. The van der Waals surface area contributed by atoms with E-state index in [1.165, 1.54) is 38.5 Å². The molecule has 0 spiro atoms. The Morgan fingerprint density at radius 2 is 1.76 bits per heavy atom. The molecule has 4 saturated carbocycles. The fourth-order valence-electron chi connectivity index (χ4n) is 4.99. The van der Waals surface area contributed by atoms with Crippen LogP contribution in [-0.4, -0.2) is 15.1 Å². The first kappa shape index (κ1) is 9.98. The van der Waals surface area contributed by atoms with Crippen molar-refractivity contribution in [3.05, 3.63) is 12.4 Å². The van der Waals surface area contributed by atoms with Gasteiger partial charge in [-0.2, -0.15) is 0 Å². The van der Waals surface area contributed by atoms with Crippen molar-refractivity contribution in [2.75, 3.05) is 5.32 Å². The van der Waals surface area contributed by atoms with Gasteiger partial charge >= 0.3 is 0 Å². The maximum atomic E-state index is 4.44. The van der Waals surface area contributed by atoms with Crippen LogP contribution in [-0.2, 0) is 7.05 Å². The highest BCUT2D eigenvalue weighted by Crippen LogP contribution is 2.56. The number of aromatic nitrogens is 2. The SMILES string of the molecule is Cn1ccnc1NC12CC3CC(CC(C3)C1)C2. The summed E-state index contributed by atoms with van der Waals surface area (Å²) in [5.74, 6) is 4.05. The van der Waals surface area contributed by atoms with Crippen LogP contribution in [0.4, 0.5) is 5.95 Å². The number of anilines is 1. The summed E-state index contributed by atoms with van der Waals surface area (Å²) in [6, 6.07) is 0. The minimum Gasteiger partial charge on any atom is -0.350 e. The third kappa shape index (κ3) is 1.51. The van der Waals surface area contributed by atoms with E-state index in [-0.39, 0.29) is 0 Å². The summed E-state index contributed by atoms with van der Waals surface area (Å²) in [4.78, 5) is 4.44. The highest BCUT2D eigenvalue weighted by atomic mass is 15.2. The highest BCUT2D eigenvalue weighted by molar-refractivity contribution is 5.32. The van der Waals surface area contributed by atoms with Crippen LogP contribution >= 0.6 is 0 Å². The second-order valence-electron chi connectivity index (χ2n) is 6.68. The molecule has 0 atom stereocenters. The third-order valence-electron chi connectivity index (χ3n) is 5.24. The first-order valence-corrected chi connectivity index (χ1v) is 6.98. The van der Waals surface area contributed by atoms with Gasteiger partial charge < -0.3 is 9.88 Å². The van der Waals surface area contributed by atoms with Gasteiger partial charge in [-0.3, -0.25) is 0 Å². The van der Waals surface area contributed by atoms with E-state index in [1.54, 1.807) is 0 Å². The van der Waals surface area contributed by atoms with Crippen LogP contribution in [0.15, 0.2) is 12.4 Å². The fraction of sp³-hybridized carbons (Fsp3) is 0.786. The maximum absolute atomic E-state index is 4.44. The topological polar surface area (TPSA) is 29.9 Å². The van der Waals surface area contributed by atoms with Crippen LogP contribution < -0.4 is 5.32 Å². The van der Waals surface area contributed by atoms with Crippen LogP contribution in [0.5, 0.6) is 0 Å². The van der Waals surface area contributed by atoms with E-state index in [0.717, 1.165) is 23.7 Å². The summed E-state index contributed by atoms with van der Waals surface area (Å²) in [7, 11) is 2.08. The molecular formula is C14H21N3. The Balaban J connectivity index is 1.62. The van der Waals surface area contributed by atoms with Gasteiger partial charge in [0.1, 0.15) is 0 Å². The summed E-state index contributed by atoms with van der Waals surface area (Å²) in [5.41, 5.74) is 0.383. The number of imidazole rings is 1. The first-order chi connectivity index (χ1) is 8.22. The van der Waals surface area contributed by atoms with Crippen LogP contribution in [0, 0.1) is 17.8 Å². The van der Waals surface area contributed by atoms with Crippen LogP contribution in [0.3, 0.4) is 0 Å². The van der Waals surface area contributed by atoms with Gasteiger partial charge in [0.25, 0.3) is 0 Å². The van der Waals surface area contributed by atoms with Gasteiger partial charge in [-0.25, -0.2) is 4.98 Å². The van der Waals surface area contributed by atoms with E-state index in [4.69, 9.17) is 0 Å². The molecule has 1 aromatic heterocycles. The van der Waals surface area contributed by atoms with E-state index in [2.05, 4.69) is 21.9 Å². The van der Waals surface area contributed by atoms with Crippen LogP contribution in [0.25, 0.3) is 0 Å². The molecule has 0 saturated heterocycles. The number of nitrogens with one attached hydrogen (secondary N) is 1. The third-order valence-corrected chi connectivity index (χ3v) is 5.24. The molecule has 1 heterocycles. The molecule has 4 aliphatic rings. The lowest BCUT2D eigenvalue weighted by atomic mass is 9.53. The van der Waals surface area contributed by atoms with E-state index >= 15 is 0 Å². The van der Waals surface area contributed by atoms with Gasteiger partial charge in [-0.1, -0.05) is 0 Å². The lowest BCUT2D eigenvalue weighted by molar-refractivity contribution is 0.0102. The second kappa shape index (κ2) is 3.27. The maximum Gasteiger partial charge on any atom is 0.202 e. The number of aryl methyl sites for hydroxylation is 1. The molecule has 4 aliphatic carbocycles. The van der Waals surface area contributed by atoms with Gasteiger partial charge in [0.2, 0.25) is 5.95 Å². The number of rotatable bonds is 2. The van der Waals surface area contributed by atoms with E-state index in [9.17, 15) is 0 Å². The quantitative estimate of drug-likeness (QED) is 0.848. The Kier molecular flexibility index (Phi) is 1.92. The van der Waals surface area contributed by atoms with Crippen molar-refractivity contribution in [2.45, 2.75) is 44.1 Å². The first-order valence-electron chi connectivity index (χ1n) is 6.98. The van der Waals surface area contributed by atoms with Crippen molar-refractivity contribution >= 4 is 5.95 Å². The molecule has 5 rings (SSSR count). The summed E-state index contributed by atoms with van der Waals surface area (Å²) in [5, 5.41) is 3.79. The molecule has 4 fully saturated rings. The Labute approximate surface area is 103 Å². The summed E-state index contributed by atoms with van der Waals surface area (Å²) in [6.45, 7) is 0. The molecule has 0 aromatic carbocycles. The van der Waals surface area contributed by atoms with E-state index in [0.29, 0.717) is 5.54 Å². The second-order valence-corrected chi connectivity index (χ2v) is 6.68. The zero-order chi connectivity index (χ0) is 11.5. The number of nitrogens with zero attached hydrogens (tertiary/aromatic N) is 2. The average molecular weight is 231 g/mol. The Morgan fingerprint density at radius 1 is 1.18 bits per heavy atom. The molecule has 92 valence electrons. The highest BCUT2D eigenvalue weighted by Gasteiger charge is 2.51. The van der Waals surface area contributed by atoms with Gasteiger partial charge in [0.05, 0.1) is 0 Å². The van der Waals surface area contributed by atoms with Crippen molar-refractivity contribution in [3.63, 3.8) is 0 Å². The average Bonchev–Trinajstić information content (AvgIpc) is 2.61. The van der Waals surface area contributed by atoms with Crippen LogP contribution in [0.1, 0.15) is 38.5 Å². The predicted molar refractivity (Wildman–Crippen MR) is 67.7 cm³/mol. The predicted octanol–water partition coefficient (Wildman–Crippen LogP) is 2.80. The molecule has 0 radical (unpaired) electrons. The zero-order valence-corrected chi connectivity index (χ0v) is 10.5. The molecule has 0 amide bonds. The Hall–Kier alpha value is -0.990. The largest absolute Gasteiger partial charge is 0.350 e. The lowest BCUT2D eigenvalue weighted by Gasteiger charge is -2.57. The van der Waals surface area contributed by atoms with Crippen LogP contribution in [0.2, 0.25) is 0 Å². The Morgan fingerprint density at radius 3 is 2.24 bits per heavy atom. The van der Waals surface area contributed by atoms with E-state index in [1.807, 2.05) is 12.4 Å². The van der Waals surface area contributed by atoms with Crippen molar-refractivity contribution in [3.8, 4) is 0 Å². The molecule has 1 aromatic rings. The molecule has 1 N–H and O–H groups in total. The normalized spacial score (nSPS) is 43.0. The van der Waals surface area contributed by atoms with Gasteiger partial charge in [0.15, 0.2) is 0 Å². The molecule has 3 heteroatoms. The molecule has 17 heavy (non-hydrogen) atoms. The van der Waals surface area contributed by atoms with Gasteiger partial charge in [0, 0.05) is 25.0 Å². The molecular weight excluding hydrogens is 210 g/mol. The summed E-state index contributed by atoms with van der Waals surface area (Å²) < 4.78 is 2.11.